The Hall–Kier alpha value is -2.72. The molecule has 1 unspecified atom stereocenters. The summed E-state index contributed by atoms with van der Waals surface area (Å²) in [6.07, 6.45) is 2.01. The predicted octanol–water partition coefficient (Wildman–Crippen LogP) is 2.60. The van der Waals surface area contributed by atoms with E-state index in [0.29, 0.717) is 28.3 Å². The third kappa shape index (κ3) is 5.50. The van der Waals surface area contributed by atoms with Crippen LogP contribution in [-0.2, 0) is 10.0 Å². The van der Waals surface area contributed by atoms with Gasteiger partial charge < -0.3 is 9.84 Å². The highest BCUT2D eigenvalue weighted by atomic mass is 35.5. The molecule has 0 aliphatic carbocycles. The molecule has 8 nitrogen and oxygen atoms in total. The van der Waals surface area contributed by atoms with E-state index in [9.17, 15) is 18.3 Å². The molecule has 0 spiro atoms. The van der Waals surface area contributed by atoms with Gasteiger partial charge in [-0.3, -0.25) is 4.79 Å². The minimum Gasteiger partial charge on any atom is -0.487 e. The second kappa shape index (κ2) is 9.61. The van der Waals surface area contributed by atoms with Gasteiger partial charge in [0.1, 0.15) is 0 Å². The molecule has 0 amide bonds. The number of aliphatic hydroxyl groups is 1. The van der Waals surface area contributed by atoms with Gasteiger partial charge in [-0.25, -0.2) is 13.6 Å². The van der Waals surface area contributed by atoms with Crippen molar-refractivity contribution >= 4 is 21.6 Å². The van der Waals surface area contributed by atoms with Crippen molar-refractivity contribution in [2.75, 3.05) is 13.2 Å². The van der Waals surface area contributed by atoms with Crippen LogP contribution in [0.1, 0.15) is 13.3 Å². The monoisotopic (exact) mass is 463 g/mol. The largest absolute Gasteiger partial charge is 0.487 e. The van der Waals surface area contributed by atoms with Crippen LogP contribution < -0.4 is 15.4 Å². The van der Waals surface area contributed by atoms with E-state index >= 15 is 0 Å². The Balaban J connectivity index is 2.07. The summed E-state index contributed by atoms with van der Waals surface area (Å²) >= 11 is 6.04. The minimum absolute atomic E-state index is 0.00827. The second-order valence-corrected chi connectivity index (χ2v) is 9.08. The molecule has 0 saturated carbocycles. The van der Waals surface area contributed by atoms with E-state index in [1.165, 1.54) is 35.1 Å². The lowest BCUT2D eigenvalue weighted by atomic mass is 10.1. The SMILES string of the molecule is CC(CO)CCOc1c(-c2ccc(S(N)(=O)=O)cc2)cnn(-c2cccc(Cl)c2)c1=O. The third-order valence-electron chi connectivity index (χ3n) is 4.65. The van der Waals surface area contributed by atoms with E-state index in [1.807, 2.05) is 6.92 Å². The summed E-state index contributed by atoms with van der Waals surface area (Å²) in [5.41, 5.74) is 0.926. The van der Waals surface area contributed by atoms with Gasteiger partial charge in [0.2, 0.25) is 10.0 Å². The first-order valence-corrected chi connectivity index (χ1v) is 11.4. The summed E-state index contributed by atoms with van der Waals surface area (Å²) < 4.78 is 30.0. The van der Waals surface area contributed by atoms with Gasteiger partial charge in [-0.15, -0.1) is 0 Å². The zero-order valence-corrected chi connectivity index (χ0v) is 18.3. The summed E-state index contributed by atoms with van der Waals surface area (Å²) in [5.74, 6) is 0.0676. The maximum Gasteiger partial charge on any atom is 0.314 e. The normalized spacial score (nSPS) is 12.5. The van der Waals surface area contributed by atoms with Crippen LogP contribution >= 0.6 is 11.6 Å². The first kappa shape index (κ1) is 23.0. The van der Waals surface area contributed by atoms with Crippen molar-refractivity contribution in [3.8, 4) is 22.6 Å². The van der Waals surface area contributed by atoms with E-state index < -0.39 is 15.6 Å². The molecule has 2 aromatic carbocycles. The number of aromatic nitrogens is 2. The molecule has 0 fully saturated rings. The molecule has 164 valence electrons. The van der Waals surface area contributed by atoms with Crippen LogP contribution in [0.3, 0.4) is 0 Å². The molecule has 10 heteroatoms. The third-order valence-corrected chi connectivity index (χ3v) is 5.81. The molecule has 0 aliphatic rings. The Morgan fingerprint density at radius 3 is 2.55 bits per heavy atom. The first-order valence-electron chi connectivity index (χ1n) is 9.46. The molecule has 0 saturated heterocycles. The number of nitrogens with two attached hydrogens (primary N) is 1. The molecule has 31 heavy (non-hydrogen) atoms. The van der Waals surface area contributed by atoms with Crippen molar-refractivity contribution in [2.24, 2.45) is 11.1 Å². The topological polar surface area (TPSA) is 125 Å². The molecule has 3 rings (SSSR count). The molecule has 3 aromatic rings. The molecule has 1 aromatic heterocycles. The quantitative estimate of drug-likeness (QED) is 0.529. The molecular weight excluding hydrogens is 442 g/mol. The Labute approximate surface area is 184 Å². The van der Waals surface area contributed by atoms with E-state index in [1.54, 1.807) is 24.3 Å². The molecule has 0 bridgehead atoms. The fraction of sp³-hybridized carbons (Fsp3) is 0.238. The fourth-order valence-electron chi connectivity index (χ4n) is 2.85. The van der Waals surface area contributed by atoms with Crippen LogP contribution in [0.25, 0.3) is 16.8 Å². The zero-order chi connectivity index (χ0) is 22.6. The van der Waals surface area contributed by atoms with E-state index in [0.717, 1.165) is 0 Å². The summed E-state index contributed by atoms with van der Waals surface area (Å²) in [6.45, 7) is 2.08. The van der Waals surface area contributed by atoms with Crippen molar-refractivity contribution in [1.29, 1.82) is 0 Å². The molecule has 1 atom stereocenters. The lowest BCUT2D eigenvalue weighted by Gasteiger charge is -2.15. The van der Waals surface area contributed by atoms with Crippen LogP contribution in [0.4, 0.5) is 0 Å². The van der Waals surface area contributed by atoms with E-state index in [4.69, 9.17) is 21.5 Å². The number of nitrogens with zero attached hydrogens (tertiary/aromatic N) is 2. The highest BCUT2D eigenvalue weighted by Crippen LogP contribution is 2.28. The summed E-state index contributed by atoms with van der Waals surface area (Å²) in [5, 5.41) is 19.1. The number of halogens is 1. The lowest BCUT2D eigenvalue weighted by molar-refractivity contribution is 0.201. The van der Waals surface area contributed by atoms with Crippen molar-refractivity contribution < 1.29 is 18.3 Å². The predicted molar refractivity (Wildman–Crippen MR) is 118 cm³/mol. The van der Waals surface area contributed by atoms with Gasteiger partial charge in [-0.05, 0) is 48.2 Å². The number of hydrogen-bond acceptors (Lipinski definition) is 6. The summed E-state index contributed by atoms with van der Waals surface area (Å²) in [4.78, 5) is 13.2. The van der Waals surface area contributed by atoms with Crippen molar-refractivity contribution in [1.82, 2.24) is 9.78 Å². The van der Waals surface area contributed by atoms with E-state index in [2.05, 4.69) is 5.10 Å². The molecule has 3 N–H and O–H groups in total. The van der Waals surface area contributed by atoms with Crippen molar-refractivity contribution in [2.45, 2.75) is 18.2 Å². The maximum absolute atomic E-state index is 13.2. The van der Waals surface area contributed by atoms with Crippen LogP contribution in [-0.4, -0.2) is 36.5 Å². The number of hydrogen-bond donors (Lipinski definition) is 2. The number of rotatable bonds is 8. The van der Waals surface area contributed by atoms with Gasteiger partial charge in [-0.2, -0.15) is 9.78 Å². The lowest BCUT2D eigenvalue weighted by Crippen LogP contribution is -2.24. The molecular formula is C21H22ClN3O5S. The number of aliphatic hydroxyl groups excluding tert-OH is 1. The fourth-order valence-corrected chi connectivity index (χ4v) is 3.55. The Morgan fingerprint density at radius 2 is 1.94 bits per heavy atom. The average Bonchev–Trinajstić information content (AvgIpc) is 2.74. The first-order chi connectivity index (χ1) is 14.7. The number of benzene rings is 2. The van der Waals surface area contributed by atoms with Gasteiger partial charge in [0.05, 0.1) is 23.4 Å². The summed E-state index contributed by atoms with van der Waals surface area (Å²) in [6, 6.07) is 12.5. The molecule has 1 heterocycles. The second-order valence-electron chi connectivity index (χ2n) is 7.08. The Morgan fingerprint density at radius 1 is 1.23 bits per heavy atom. The van der Waals surface area contributed by atoms with Crippen molar-refractivity contribution in [3.05, 3.63) is 70.1 Å². The standard InChI is InChI=1S/C21H22ClN3O5S/c1-14(13-26)9-10-30-20-19(15-5-7-18(8-6-15)31(23,28)29)12-24-25(21(20)27)17-4-2-3-16(22)11-17/h2-8,11-12,14,26H,9-10,13H2,1H3,(H2,23,28,29). The van der Waals surface area contributed by atoms with Crippen LogP contribution in [0.2, 0.25) is 5.02 Å². The van der Waals surface area contributed by atoms with Gasteiger partial charge >= 0.3 is 5.56 Å². The zero-order valence-electron chi connectivity index (χ0n) is 16.7. The Bertz CT molecular complexity index is 1230. The van der Waals surface area contributed by atoms with Crippen LogP contribution in [0, 0.1) is 5.92 Å². The Kier molecular flexibility index (Phi) is 7.11. The summed E-state index contributed by atoms with van der Waals surface area (Å²) in [7, 11) is -3.84. The van der Waals surface area contributed by atoms with Gasteiger partial charge in [0, 0.05) is 17.2 Å². The van der Waals surface area contributed by atoms with Crippen molar-refractivity contribution in [3.63, 3.8) is 0 Å². The average molecular weight is 464 g/mol. The van der Waals surface area contributed by atoms with Crippen LogP contribution in [0.15, 0.2) is 64.4 Å². The number of primary sulfonamides is 1. The van der Waals surface area contributed by atoms with Crippen LogP contribution in [0.5, 0.6) is 5.75 Å². The number of ether oxygens (including phenoxy) is 1. The maximum atomic E-state index is 13.2. The smallest absolute Gasteiger partial charge is 0.314 e. The van der Waals surface area contributed by atoms with Gasteiger partial charge in [0.25, 0.3) is 0 Å². The highest BCUT2D eigenvalue weighted by Gasteiger charge is 2.17. The molecule has 0 aliphatic heterocycles. The molecule has 0 radical (unpaired) electrons. The highest BCUT2D eigenvalue weighted by molar-refractivity contribution is 7.89. The van der Waals surface area contributed by atoms with Gasteiger partial charge in [0.15, 0.2) is 5.75 Å². The number of sulfonamides is 1. The van der Waals surface area contributed by atoms with E-state index in [-0.39, 0.29) is 29.8 Å². The van der Waals surface area contributed by atoms with Gasteiger partial charge in [-0.1, -0.05) is 36.7 Å². The minimum atomic E-state index is -3.84.